The van der Waals surface area contributed by atoms with Crippen LogP contribution in [0.2, 0.25) is 0 Å². The summed E-state index contributed by atoms with van der Waals surface area (Å²) < 4.78 is 0. The average Bonchev–Trinajstić information content (AvgIpc) is 3.60. The molecule has 160 valence electrons. The van der Waals surface area contributed by atoms with Crippen molar-refractivity contribution in [3.8, 4) is 22.3 Å². The first-order valence-electron chi connectivity index (χ1n) is 11.0. The molecule has 0 unspecified atom stereocenters. The van der Waals surface area contributed by atoms with E-state index in [2.05, 4.69) is 45.8 Å². The first kappa shape index (κ1) is 19.6. The molecule has 0 N–H and O–H groups in total. The van der Waals surface area contributed by atoms with E-state index in [1.54, 1.807) is 22.7 Å². The molecule has 0 saturated carbocycles. The van der Waals surface area contributed by atoms with Crippen molar-refractivity contribution in [2.24, 2.45) is 0 Å². The van der Waals surface area contributed by atoms with Crippen LogP contribution in [-0.4, -0.2) is 11.6 Å². The van der Waals surface area contributed by atoms with Crippen LogP contribution in [0.4, 0.5) is 0 Å². The van der Waals surface area contributed by atoms with E-state index in [-0.39, 0.29) is 11.6 Å². The lowest BCUT2D eigenvalue weighted by molar-refractivity contribution is 0.0979. The number of benzene rings is 4. The molecule has 4 heteroatoms. The van der Waals surface area contributed by atoms with Gasteiger partial charge in [0.15, 0.2) is 11.6 Å². The Morgan fingerprint density at radius 3 is 1.21 bits per heavy atom. The second-order valence-electron chi connectivity index (χ2n) is 8.57. The van der Waals surface area contributed by atoms with Gasteiger partial charge in [0.05, 0.1) is 0 Å². The zero-order valence-corrected chi connectivity index (χ0v) is 19.5. The summed E-state index contributed by atoms with van der Waals surface area (Å²) in [5.41, 5.74) is 6.53. The zero-order valence-electron chi connectivity index (χ0n) is 17.9. The van der Waals surface area contributed by atoms with Gasteiger partial charge in [-0.2, -0.15) is 22.7 Å². The van der Waals surface area contributed by atoms with Crippen molar-refractivity contribution in [3.63, 3.8) is 0 Å². The minimum Gasteiger partial charge on any atom is -0.289 e. The molecule has 0 aliphatic heterocycles. The number of rotatable bonds is 2. The van der Waals surface area contributed by atoms with Crippen molar-refractivity contribution in [2.75, 3.05) is 0 Å². The third-order valence-electron chi connectivity index (χ3n) is 6.64. The van der Waals surface area contributed by atoms with Gasteiger partial charge < -0.3 is 0 Å². The maximum atomic E-state index is 13.6. The lowest BCUT2D eigenvalue weighted by atomic mass is 9.81. The van der Waals surface area contributed by atoms with Gasteiger partial charge in [-0.3, -0.25) is 9.59 Å². The minimum atomic E-state index is -0.0868. The number of hydrogen-bond donors (Lipinski definition) is 0. The summed E-state index contributed by atoms with van der Waals surface area (Å²) in [6.07, 6.45) is 0. The van der Waals surface area contributed by atoms with Gasteiger partial charge in [0.1, 0.15) is 0 Å². The van der Waals surface area contributed by atoms with Gasteiger partial charge in [-0.1, -0.05) is 24.3 Å². The Balaban J connectivity index is 1.49. The smallest absolute Gasteiger partial charge is 0.194 e. The largest absolute Gasteiger partial charge is 0.289 e. The van der Waals surface area contributed by atoms with Gasteiger partial charge in [0, 0.05) is 22.3 Å². The van der Waals surface area contributed by atoms with Gasteiger partial charge in [-0.15, -0.1) is 0 Å². The number of carbonyl (C=O) groups excluding carboxylic acids is 2. The number of fused-ring (bicyclic) bond motifs is 4. The summed E-state index contributed by atoms with van der Waals surface area (Å²) in [4.78, 5) is 27.1. The molecule has 0 saturated heterocycles. The summed E-state index contributed by atoms with van der Waals surface area (Å²) in [6.45, 7) is 0. The summed E-state index contributed by atoms with van der Waals surface area (Å²) in [6, 6.07) is 23.9. The summed E-state index contributed by atoms with van der Waals surface area (Å²) in [7, 11) is 0. The number of hydrogen-bond acceptors (Lipinski definition) is 4. The fourth-order valence-corrected chi connectivity index (χ4v) is 6.26. The van der Waals surface area contributed by atoms with Crippen LogP contribution < -0.4 is 0 Å². The lowest BCUT2D eigenvalue weighted by Crippen LogP contribution is -2.21. The molecule has 1 aliphatic carbocycles. The van der Waals surface area contributed by atoms with Crippen LogP contribution in [0.15, 0.2) is 94.3 Å². The van der Waals surface area contributed by atoms with E-state index in [0.717, 1.165) is 43.8 Å². The molecule has 4 aromatic carbocycles. The molecule has 0 fully saturated rings. The van der Waals surface area contributed by atoms with E-state index in [4.69, 9.17) is 0 Å². The van der Waals surface area contributed by atoms with Crippen LogP contribution in [0.25, 0.3) is 43.8 Å². The Hall–Kier alpha value is -3.86. The molecule has 2 heterocycles. The normalized spacial score (nSPS) is 12.8. The Morgan fingerprint density at radius 2 is 0.824 bits per heavy atom. The Morgan fingerprint density at radius 1 is 0.441 bits per heavy atom. The third kappa shape index (κ3) is 2.86. The first-order chi connectivity index (χ1) is 16.7. The number of thiophene rings is 2. The van der Waals surface area contributed by atoms with E-state index in [0.29, 0.717) is 22.3 Å². The molecule has 7 rings (SSSR count). The van der Waals surface area contributed by atoms with Crippen LogP contribution in [0.3, 0.4) is 0 Å². The average molecular weight is 473 g/mol. The van der Waals surface area contributed by atoms with Crippen molar-refractivity contribution in [1.29, 1.82) is 0 Å². The summed E-state index contributed by atoms with van der Waals surface area (Å²) in [5.74, 6) is -0.174. The molecule has 0 atom stereocenters. The maximum absolute atomic E-state index is 13.6. The molecule has 0 spiro atoms. The van der Waals surface area contributed by atoms with Crippen molar-refractivity contribution >= 4 is 55.8 Å². The van der Waals surface area contributed by atoms with E-state index in [9.17, 15) is 9.59 Å². The van der Waals surface area contributed by atoms with Crippen LogP contribution in [-0.2, 0) is 0 Å². The van der Waals surface area contributed by atoms with Gasteiger partial charge in [0.25, 0.3) is 0 Å². The molecule has 2 nitrogen and oxygen atoms in total. The predicted molar refractivity (Wildman–Crippen MR) is 141 cm³/mol. The first-order valence-corrected chi connectivity index (χ1v) is 12.8. The van der Waals surface area contributed by atoms with E-state index in [1.807, 2.05) is 48.5 Å². The van der Waals surface area contributed by atoms with E-state index in [1.165, 1.54) is 0 Å². The molecule has 0 bridgehead atoms. The van der Waals surface area contributed by atoms with Gasteiger partial charge in [-0.25, -0.2) is 0 Å². The highest BCUT2D eigenvalue weighted by molar-refractivity contribution is 7.08. The lowest BCUT2D eigenvalue weighted by Gasteiger charge is -2.20. The molecular weight excluding hydrogens is 456 g/mol. The standard InChI is InChI=1S/C30H16O2S2/c31-29-25-9-17-3-1-2-4-18(17)10-26(25)30(32)28-14-22-12-24(20-6-8-34-16-20)23(19-5-7-33-15-19)11-21(22)13-27(28)29/h1-16H. The van der Waals surface area contributed by atoms with Crippen LogP contribution in [0, 0.1) is 0 Å². The van der Waals surface area contributed by atoms with Crippen LogP contribution in [0.5, 0.6) is 0 Å². The Bertz CT molecular complexity index is 1640. The van der Waals surface area contributed by atoms with Crippen LogP contribution in [0.1, 0.15) is 31.8 Å². The van der Waals surface area contributed by atoms with Crippen molar-refractivity contribution < 1.29 is 9.59 Å². The van der Waals surface area contributed by atoms with Gasteiger partial charge in [-0.05, 0) is 114 Å². The summed E-state index contributed by atoms with van der Waals surface area (Å²) in [5, 5.41) is 12.3. The van der Waals surface area contributed by atoms with Crippen molar-refractivity contribution in [1.82, 2.24) is 0 Å². The maximum Gasteiger partial charge on any atom is 0.194 e. The Kier molecular flexibility index (Phi) is 4.22. The highest BCUT2D eigenvalue weighted by Gasteiger charge is 2.30. The Labute approximate surface area is 203 Å². The quantitative estimate of drug-likeness (QED) is 0.254. The molecule has 0 amide bonds. The van der Waals surface area contributed by atoms with Gasteiger partial charge in [0.2, 0.25) is 0 Å². The number of carbonyl (C=O) groups is 2. The fourth-order valence-electron chi connectivity index (χ4n) is 4.94. The monoisotopic (exact) mass is 472 g/mol. The molecule has 34 heavy (non-hydrogen) atoms. The highest BCUT2D eigenvalue weighted by atomic mass is 32.1. The van der Waals surface area contributed by atoms with E-state index >= 15 is 0 Å². The molecule has 0 radical (unpaired) electrons. The van der Waals surface area contributed by atoms with Gasteiger partial charge >= 0.3 is 0 Å². The van der Waals surface area contributed by atoms with Crippen LogP contribution >= 0.6 is 22.7 Å². The topological polar surface area (TPSA) is 34.1 Å². The second-order valence-corrected chi connectivity index (χ2v) is 10.1. The molecule has 6 aromatic rings. The third-order valence-corrected chi connectivity index (χ3v) is 8.01. The van der Waals surface area contributed by atoms with E-state index < -0.39 is 0 Å². The second kappa shape index (κ2) is 7.32. The fraction of sp³-hybridized carbons (Fsp3) is 0. The van der Waals surface area contributed by atoms with Crippen molar-refractivity contribution in [2.45, 2.75) is 0 Å². The highest BCUT2D eigenvalue weighted by Crippen LogP contribution is 2.40. The molecule has 1 aliphatic rings. The SMILES string of the molecule is O=C1c2cc3ccccc3cc2C(=O)c2cc3cc(-c4ccsc4)c(-c4ccsc4)cc3cc21. The molecular formula is C30H16O2S2. The zero-order chi connectivity index (χ0) is 22.8. The number of ketones is 2. The van der Waals surface area contributed by atoms with Crippen molar-refractivity contribution in [3.05, 3.63) is 117 Å². The predicted octanol–water partition coefficient (Wildman–Crippen LogP) is 8.23. The summed E-state index contributed by atoms with van der Waals surface area (Å²) >= 11 is 3.33. The minimum absolute atomic E-state index is 0.0868. The molecule has 2 aromatic heterocycles.